The van der Waals surface area contributed by atoms with Gasteiger partial charge in [0.15, 0.2) is 0 Å². The van der Waals surface area contributed by atoms with E-state index in [0.29, 0.717) is 24.2 Å². The standard InChI is InChI=1S/C13H16ClN3O/c1-2-3-10-4-6-11(7-5-10)15-13-17-16-12(18-13)8-9-14/h4-7H,2-3,8-9H2,1H3,(H,15,17). The molecule has 0 aliphatic carbocycles. The minimum Gasteiger partial charge on any atom is -0.408 e. The lowest BCUT2D eigenvalue weighted by atomic mass is 10.1. The third-order valence-electron chi connectivity index (χ3n) is 2.52. The van der Waals surface area contributed by atoms with Crippen LogP contribution in [-0.2, 0) is 12.8 Å². The van der Waals surface area contributed by atoms with Crippen molar-refractivity contribution < 1.29 is 4.42 Å². The number of anilines is 2. The van der Waals surface area contributed by atoms with Gasteiger partial charge in [0.2, 0.25) is 5.89 Å². The predicted molar refractivity (Wildman–Crippen MR) is 72.4 cm³/mol. The Morgan fingerprint density at radius 1 is 1.17 bits per heavy atom. The van der Waals surface area contributed by atoms with Crippen molar-refractivity contribution in [2.45, 2.75) is 26.2 Å². The van der Waals surface area contributed by atoms with Crippen LogP contribution in [0.25, 0.3) is 0 Å². The number of nitrogens with one attached hydrogen (secondary N) is 1. The van der Waals surface area contributed by atoms with Crippen molar-refractivity contribution in [2.75, 3.05) is 11.2 Å². The first-order valence-corrected chi connectivity index (χ1v) is 6.59. The predicted octanol–water partition coefficient (Wildman–Crippen LogP) is 3.55. The van der Waals surface area contributed by atoms with Gasteiger partial charge in [0.25, 0.3) is 0 Å². The van der Waals surface area contributed by atoms with Gasteiger partial charge >= 0.3 is 6.01 Å². The molecule has 0 saturated carbocycles. The zero-order valence-corrected chi connectivity index (χ0v) is 11.1. The van der Waals surface area contributed by atoms with Gasteiger partial charge in [0, 0.05) is 18.0 Å². The number of hydrogen-bond acceptors (Lipinski definition) is 4. The molecule has 0 atom stereocenters. The molecule has 1 N–H and O–H groups in total. The molecule has 2 rings (SSSR count). The molecule has 5 heteroatoms. The van der Waals surface area contributed by atoms with Crippen LogP contribution in [0, 0.1) is 0 Å². The van der Waals surface area contributed by atoms with Gasteiger partial charge in [0.05, 0.1) is 0 Å². The summed E-state index contributed by atoms with van der Waals surface area (Å²) in [6.07, 6.45) is 2.84. The Balaban J connectivity index is 1.99. The minimum absolute atomic E-state index is 0.401. The first-order chi connectivity index (χ1) is 8.81. The van der Waals surface area contributed by atoms with Gasteiger partial charge in [-0.05, 0) is 24.1 Å². The van der Waals surface area contributed by atoms with E-state index in [2.05, 4.69) is 34.6 Å². The van der Waals surface area contributed by atoms with E-state index in [0.717, 1.165) is 18.5 Å². The van der Waals surface area contributed by atoms with E-state index in [1.165, 1.54) is 5.56 Å². The van der Waals surface area contributed by atoms with Crippen LogP contribution < -0.4 is 5.32 Å². The molecule has 4 nitrogen and oxygen atoms in total. The van der Waals surface area contributed by atoms with Crippen molar-refractivity contribution in [1.82, 2.24) is 10.2 Å². The summed E-state index contributed by atoms with van der Waals surface area (Å²) in [6, 6.07) is 8.62. The van der Waals surface area contributed by atoms with Crippen molar-refractivity contribution in [3.05, 3.63) is 35.7 Å². The average molecular weight is 266 g/mol. The highest BCUT2D eigenvalue weighted by Crippen LogP contribution is 2.16. The first-order valence-electron chi connectivity index (χ1n) is 6.06. The minimum atomic E-state index is 0.401. The van der Waals surface area contributed by atoms with Crippen LogP contribution >= 0.6 is 11.6 Å². The molecule has 1 aromatic carbocycles. The topological polar surface area (TPSA) is 51.0 Å². The Labute approximate surface area is 111 Å². The third-order valence-corrected chi connectivity index (χ3v) is 2.71. The molecule has 1 heterocycles. The molecule has 0 aliphatic rings. The van der Waals surface area contributed by atoms with E-state index in [4.69, 9.17) is 16.0 Å². The molecule has 0 radical (unpaired) electrons. The summed E-state index contributed by atoms with van der Waals surface area (Å²) < 4.78 is 5.39. The van der Waals surface area contributed by atoms with E-state index < -0.39 is 0 Å². The number of nitrogens with zero attached hydrogens (tertiary/aromatic N) is 2. The van der Waals surface area contributed by atoms with Crippen LogP contribution in [0.3, 0.4) is 0 Å². The molecule has 96 valence electrons. The van der Waals surface area contributed by atoms with Gasteiger partial charge in [0.1, 0.15) is 0 Å². The van der Waals surface area contributed by atoms with E-state index in [1.54, 1.807) is 0 Å². The fourth-order valence-electron chi connectivity index (χ4n) is 1.65. The molecule has 1 aromatic heterocycles. The van der Waals surface area contributed by atoms with Crippen molar-refractivity contribution >= 4 is 23.3 Å². The number of rotatable bonds is 6. The molecule has 0 saturated heterocycles. The lowest BCUT2D eigenvalue weighted by Gasteiger charge is -2.02. The Bertz CT molecular complexity index is 481. The molecule has 0 spiro atoms. The van der Waals surface area contributed by atoms with Gasteiger partial charge < -0.3 is 9.73 Å². The molecular weight excluding hydrogens is 250 g/mol. The molecule has 0 amide bonds. The normalized spacial score (nSPS) is 10.6. The maximum atomic E-state index is 5.60. The van der Waals surface area contributed by atoms with Gasteiger partial charge in [-0.3, -0.25) is 0 Å². The molecule has 0 aliphatic heterocycles. The highest BCUT2D eigenvalue weighted by atomic mass is 35.5. The van der Waals surface area contributed by atoms with Crippen LogP contribution in [-0.4, -0.2) is 16.1 Å². The summed E-state index contributed by atoms with van der Waals surface area (Å²) in [6.45, 7) is 2.17. The maximum Gasteiger partial charge on any atom is 0.320 e. The van der Waals surface area contributed by atoms with Crippen LogP contribution in [0.2, 0.25) is 0 Å². The SMILES string of the molecule is CCCc1ccc(Nc2nnc(CCCl)o2)cc1. The molecule has 0 unspecified atom stereocenters. The van der Waals surface area contributed by atoms with Crippen LogP contribution in [0.15, 0.2) is 28.7 Å². The number of alkyl halides is 1. The Morgan fingerprint density at radius 2 is 1.94 bits per heavy atom. The average Bonchev–Trinajstić information content (AvgIpc) is 2.80. The Kier molecular flexibility index (Phi) is 4.59. The Hall–Kier alpha value is -1.55. The van der Waals surface area contributed by atoms with Crippen LogP contribution in [0.5, 0.6) is 0 Å². The van der Waals surface area contributed by atoms with Gasteiger partial charge in [-0.15, -0.1) is 16.7 Å². The fraction of sp³-hybridized carbons (Fsp3) is 0.385. The lowest BCUT2D eigenvalue weighted by Crippen LogP contribution is -1.91. The van der Waals surface area contributed by atoms with Gasteiger partial charge in [-0.2, -0.15) is 0 Å². The molecule has 0 bridgehead atoms. The third kappa shape index (κ3) is 3.47. The molecule has 0 fully saturated rings. The summed E-state index contributed by atoms with van der Waals surface area (Å²) in [5.74, 6) is 1.03. The molecular formula is C13H16ClN3O. The first kappa shape index (κ1) is 12.9. The molecule has 2 aromatic rings. The van der Waals surface area contributed by atoms with Crippen molar-refractivity contribution in [3.8, 4) is 0 Å². The Morgan fingerprint density at radius 3 is 2.61 bits per heavy atom. The van der Waals surface area contributed by atoms with E-state index in [-0.39, 0.29) is 0 Å². The van der Waals surface area contributed by atoms with Gasteiger partial charge in [-0.1, -0.05) is 30.6 Å². The number of aromatic nitrogens is 2. The zero-order valence-electron chi connectivity index (χ0n) is 10.3. The summed E-state index contributed by atoms with van der Waals surface area (Å²) in [7, 11) is 0. The van der Waals surface area contributed by atoms with Gasteiger partial charge in [-0.25, -0.2) is 0 Å². The summed E-state index contributed by atoms with van der Waals surface area (Å²) in [5, 5.41) is 10.9. The largest absolute Gasteiger partial charge is 0.408 e. The van der Waals surface area contributed by atoms with E-state index in [1.807, 2.05) is 12.1 Å². The highest BCUT2D eigenvalue weighted by Gasteiger charge is 2.05. The quantitative estimate of drug-likeness (QED) is 0.812. The van der Waals surface area contributed by atoms with E-state index in [9.17, 15) is 0 Å². The lowest BCUT2D eigenvalue weighted by molar-refractivity contribution is 0.516. The summed E-state index contributed by atoms with van der Waals surface area (Å²) in [5.41, 5.74) is 2.27. The number of benzene rings is 1. The fourth-order valence-corrected chi connectivity index (χ4v) is 1.81. The highest BCUT2D eigenvalue weighted by molar-refractivity contribution is 6.17. The number of hydrogen-bond donors (Lipinski definition) is 1. The monoisotopic (exact) mass is 265 g/mol. The smallest absolute Gasteiger partial charge is 0.320 e. The maximum absolute atomic E-state index is 5.60. The van der Waals surface area contributed by atoms with Crippen molar-refractivity contribution in [1.29, 1.82) is 0 Å². The van der Waals surface area contributed by atoms with Crippen LogP contribution in [0.1, 0.15) is 24.8 Å². The molecule has 18 heavy (non-hydrogen) atoms. The van der Waals surface area contributed by atoms with E-state index >= 15 is 0 Å². The summed E-state index contributed by atoms with van der Waals surface area (Å²) in [4.78, 5) is 0. The second-order valence-electron chi connectivity index (χ2n) is 4.01. The second kappa shape index (κ2) is 6.40. The van der Waals surface area contributed by atoms with Crippen LogP contribution in [0.4, 0.5) is 11.7 Å². The number of aryl methyl sites for hydroxylation is 2. The number of halogens is 1. The van der Waals surface area contributed by atoms with Crippen molar-refractivity contribution in [2.24, 2.45) is 0 Å². The summed E-state index contributed by atoms with van der Waals surface area (Å²) >= 11 is 5.60. The van der Waals surface area contributed by atoms with Crippen molar-refractivity contribution in [3.63, 3.8) is 0 Å². The second-order valence-corrected chi connectivity index (χ2v) is 4.39. The zero-order chi connectivity index (χ0) is 12.8.